The molecule has 2 aromatic heterocycles. The summed E-state index contributed by atoms with van der Waals surface area (Å²) in [6.07, 6.45) is 0.222. The number of hydrogen-bond acceptors (Lipinski definition) is 4. The standard InChI is InChI=1S/C10H12N4O.C3H6O2/c1-6-5-9(15)12-10(11-6)14-8(3)4-7(2)13-14;1-2-3(4)5/h4-5H,1-3H3,(H,11,12,15);2H2,1H3,(H,4,5). The Hall–Kier alpha value is -2.44. The topological polar surface area (TPSA) is 101 Å². The van der Waals surface area contributed by atoms with Crippen LogP contribution in [-0.4, -0.2) is 30.8 Å². The van der Waals surface area contributed by atoms with Crippen molar-refractivity contribution in [1.29, 1.82) is 0 Å². The first-order valence-corrected chi connectivity index (χ1v) is 6.17. The van der Waals surface area contributed by atoms with Crippen LogP contribution in [0.2, 0.25) is 0 Å². The molecule has 0 spiro atoms. The highest BCUT2D eigenvalue weighted by Gasteiger charge is 2.06. The molecule has 20 heavy (non-hydrogen) atoms. The molecule has 0 aromatic carbocycles. The van der Waals surface area contributed by atoms with Crippen LogP contribution in [0.4, 0.5) is 0 Å². The molecule has 2 aromatic rings. The Labute approximate surface area is 116 Å². The summed E-state index contributed by atoms with van der Waals surface area (Å²) in [5, 5.41) is 12.0. The number of carbonyl (C=O) groups is 1. The Morgan fingerprint density at radius 2 is 1.90 bits per heavy atom. The van der Waals surface area contributed by atoms with Crippen molar-refractivity contribution in [2.75, 3.05) is 0 Å². The highest BCUT2D eigenvalue weighted by atomic mass is 16.4. The summed E-state index contributed by atoms with van der Waals surface area (Å²) in [5.41, 5.74) is 2.37. The number of carboxylic acids is 1. The molecule has 0 atom stereocenters. The van der Waals surface area contributed by atoms with Crippen molar-refractivity contribution < 1.29 is 9.90 Å². The molecule has 0 aliphatic rings. The molecule has 0 amide bonds. The number of aryl methyl sites for hydroxylation is 3. The van der Waals surface area contributed by atoms with Gasteiger partial charge in [-0.2, -0.15) is 5.10 Å². The predicted octanol–water partition coefficient (Wildman–Crippen LogP) is 1.36. The first-order valence-electron chi connectivity index (χ1n) is 6.17. The van der Waals surface area contributed by atoms with Crippen LogP contribution in [0, 0.1) is 20.8 Å². The minimum absolute atomic E-state index is 0.162. The van der Waals surface area contributed by atoms with E-state index in [0.29, 0.717) is 11.6 Å². The summed E-state index contributed by atoms with van der Waals surface area (Å²) in [5.74, 6) is -0.282. The van der Waals surface area contributed by atoms with E-state index in [1.165, 1.54) is 6.07 Å². The minimum Gasteiger partial charge on any atom is -0.481 e. The third-order valence-electron chi connectivity index (χ3n) is 2.37. The van der Waals surface area contributed by atoms with Crippen molar-refractivity contribution in [3.05, 3.63) is 39.6 Å². The average Bonchev–Trinajstić information content (AvgIpc) is 2.68. The van der Waals surface area contributed by atoms with Gasteiger partial charge in [-0.05, 0) is 26.8 Å². The van der Waals surface area contributed by atoms with E-state index < -0.39 is 5.97 Å². The highest BCUT2D eigenvalue weighted by molar-refractivity contribution is 5.66. The van der Waals surface area contributed by atoms with E-state index in [1.807, 2.05) is 19.9 Å². The SMILES string of the molecule is CCC(=O)O.Cc1cc(=O)[nH]c(-n2nc(C)cc2C)n1. The molecule has 0 saturated carbocycles. The molecule has 0 radical (unpaired) electrons. The molecule has 0 unspecified atom stereocenters. The van der Waals surface area contributed by atoms with Crippen LogP contribution in [0.25, 0.3) is 5.95 Å². The molecule has 0 bridgehead atoms. The summed E-state index contributed by atoms with van der Waals surface area (Å²) < 4.78 is 1.63. The Bertz CT molecular complexity index is 658. The first kappa shape index (κ1) is 15.6. The summed E-state index contributed by atoms with van der Waals surface area (Å²) in [6.45, 7) is 7.20. The molecule has 2 heterocycles. The van der Waals surface area contributed by atoms with Crippen molar-refractivity contribution >= 4 is 5.97 Å². The second-order valence-corrected chi connectivity index (χ2v) is 4.30. The van der Waals surface area contributed by atoms with Crippen LogP contribution in [0.15, 0.2) is 16.9 Å². The highest BCUT2D eigenvalue weighted by Crippen LogP contribution is 2.06. The lowest BCUT2D eigenvalue weighted by Gasteiger charge is -2.02. The zero-order valence-electron chi connectivity index (χ0n) is 12.0. The Morgan fingerprint density at radius 1 is 1.30 bits per heavy atom. The minimum atomic E-state index is -0.745. The van der Waals surface area contributed by atoms with Crippen molar-refractivity contribution in [2.24, 2.45) is 0 Å². The van der Waals surface area contributed by atoms with Gasteiger partial charge in [-0.25, -0.2) is 9.67 Å². The van der Waals surface area contributed by atoms with E-state index >= 15 is 0 Å². The van der Waals surface area contributed by atoms with E-state index in [0.717, 1.165) is 11.4 Å². The van der Waals surface area contributed by atoms with Gasteiger partial charge in [0.1, 0.15) is 0 Å². The zero-order valence-corrected chi connectivity index (χ0v) is 12.0. The van der Waals surface area contributed by atoms with Crippen molar-refractivity contribution in [3.63, 3.8) is 0 Å². The molecular formula is C13H18N4O3. The Morgan fingerprint density at radius 3 is 2.30 bits per heavy atom. The van der Waals surface area contributed by atoms with E-state index in [1.54, 1.807) is 18.5 Å². The maximum absolute atomic E-state index is 11.3. The van der Waals surface area contributed by atoms with Crippen molar-refractivity contribution in [2.45, 2.75) is 34.1 Å². The van der Waals surface area contributed by atoms with Gasteiger partial charge in [0.25, 0.3) is 5.56 Å². The second kappa shape index (κ2) is 6.65. The van der Waals surface area contributed by atoms with Crippen LogP contribution in [-0.2, 0) is 4.79 Å². The smallest absolute Gasteiger partial charge is 0.303 e. The monoisotopic (exact) mass is 278 g/mol. The predicted molar refractivity (Wildman–Crippen MR) is 74.1 cm³/mol. The fraction of sp³-hybridized carbons (Fsp3) is 0.385. The van der Waals surface area contributed by atoms with Crippen LogP contribution in [0.1, 0.15) is 30.4 Å². The van der Waals surface area contributed by atoms with Crippen LogP contribution >= 0.6 is 0 Å². The Kier molecular flexibility index (Phi) is 5.19. The maximum atomic E-state index is 11.3. The quantitative estimate of drug-likeness (QED) is 0.863. The number of aliphatic carboxylic acids is 1. The molecule has 0 aliphatic heterocycles. The van der Waals surface area contributed by atoms with E-state index in [-0.39, 0.29) is 12.0 Å². The molecule has 2 N–H and O–H groups in total. The lowest BCUT2D eigenvalue weighted by Crippen LogP contribution is -2.14. The van der Waals surface area contributed by atoms with Crippen LogP contribution in [0.3, 0.4) is 0 Å². The number of nitrogens with one attached hydrogen (secondary N) is 1. The number of aromatic nitrogens is 4. The number of H-pyrrole nitrogens is 1. The summed E-state index contributed by atoms with van der Waals surface area (Å²) in [4.78, 5) is 27.5. The molecule has 0 saturated heterocycles. The number of nitrogens with zero attached hydrogens (tertiary/aromatic N) is 3. The third kappa shape index (κ3) is 4.34. The van der Waals surface area contributed by atoms with Gasteiger partial charge in [-0.1, -0.05) is 6.92 Å². The zero-order chi connectivity index (χ0) is 15.3. The molecule has 0 fully saturated rings. The Balaban J connectivity index is 0.000000347. The second-order valence-electron chi connectivity index (χ2n) is 4.30. The van der Waals surface area contributed by atoms with Gasteiger partial charge in [0.05, 0.1) is 5.69 Å². The molecule has 0 aliphatic carbocycles. The number of aromatic amines is 1. The van der Waals surface area contributed by atoms with Crippen molar-refractivity contribution in [1.82, 2.24) is 19.7 Å². The lowest BCUT2D eigenvalue weighted by atomic mass is 10.4. The summed E-state index contributed by atoms with van der Waals surface area (Å²) in [6, 6.07) is 3.39. The van der Waals surface area contributed by atoms with Crippen LogP contribution in [0.5, 0.6) is 0 Å². The molecular weight excluding hydrogens is 260 g/mol. The summed E-state index contributed by atoms with van der Waals surface area (Å²) in [7, 11) is 0. The molecule has 2 rings (SSSR count). The van der Waals surface area contributed by atoms with E-state index in [4.69, 9.17) is 5.11 Å². The number of carboxylic acid groups (broad SMARTS) is 1. The van der Waals surface area contributed by atoms with E-state index in [9.17, 15) is 9.59 Å². The van der Waals surface area contributed by atoms with Crippen molar-refractivity contribution in [3.8, 4) is 5.95 Å². The van der Waals surface area contributed by atoms with Gasteiger partial charge < -0.3 is 5.11 Å². The van der Waals surface area contributed by atoms with Gasteiger partial charge in [-0.15, -0.1) is 0 Å². The number of hydrogen-bond donors (Lipinski definition) is 2. The van der Waals surface area contributed by atoms with Gasteiger partial charge in [0.2, 0.25) is 5.95 Å². The largest absolute Gasteiger partial charge is 0.481 e. The maximum Gasteiger partial charge on any atom is 0.303 e. The lowest BCUT2D eigenvalue weighted by molar-refractivity contribution is -0.136. The number of rotatable bonds is 2. The normalized spacial score (nSPS) is 9.80. The van der Waals surface area contributed by atoms with Gasteiger partial charge in [-0.3, -0.25) is 14.6 Å². The fourth-order valence-corrected chi connectivity index (χ4v) is 1.51. The average molecular weight is 278 g/mol. The molecule has 7 heteroatoms. The fourth-order valence-electron chi connectivity index (χ4n) is 1.51. The molecule has 7 nitrogen and oxygen atoms in total. The third-order valence-corrected chi connectivity index (χ3v) is 2.37. The van der Waals surface area contributed by atoms with E-state index in [2.05, 4.69) is 15.1 Å². The first-order chi connectivity index (χ1) is 9.33. The van der Waals surface area contributed by atoms with Gasteiger partial charge in [0.15, 0.2) is 0 Å². The van der Waals surface area contributed by atoms with Gasteiger partial charge >= 0.3 is 5.97 Å². The van der Waals surface area contributed by atoms with Gasteiger partial charge in [0, 0.05) is 23.9 Å². The summed E-state index contributed by atoms with van der Waals surface area (Å²) >= 11 is 0. The van der Waals surface area contributed by atoms with Crippen LogP contribution < -0.4 is 5.56 Å². The molecule has 108 valence electrons.